The van der Waals surface area contributed by atoms with Crippen LogP contribution in [0.15, 0.2) is 29.3 Å². The highest BCUT2D eigenvalue weighted by Gasteiger charge is 2.09. The number of rotatable bonds is 8. The van der Waals surface area contributed by atoms with Crippen LogP contribution in [-0.4, -0.2) is 70.3 Å². The SMILES string of the molecule is CN=C(NCCN1CCOCC1)NCc1cccc(OCC(F)F)c1.I. The van der Waals surface area contributed by atoms with E-state index in [1.54, 1.807) is 25.2 Å². The Labute approximate surface area is 170 Å². The lowest BCUT2D eigenvalue weighted by Crippen LogP contribution is -2.44. The number of aliphatic imine (C=N–C) groups is 1. The summed E-state index contributed by atoms with van der Waals surface area (Å²) < 4.78 is 34.8. The van der Waals surface area contributed by atoms with Gasteiger partial charge < -0.3 is 20.1 Å². The number of guanidine groups is 1. The summed E-state index contributed by atoms with van der Waals surface area (Å²) in [6.07, 6.45) is -2.48. The predicted octanol–water partition coefficient (Wildman–Crippen LogP) is 1.95. The van der Waals surface area contributed by atoms with Gasteiger partial charge in [-0.25, -0.2) is 8.78 Å². The smallest absolute Gasteiger partial charge is 0.272 e. The predicted molar refractivity (Wildman–Crippen MR) is 109 cm³/mol. The molecule has 1 saturated heterocycles. The van der Waals surface area contributed by atoms with Crippen LogP contribution in [0.4, 0.5) is 8.78 Å². The van der Waals surface area contributed by atoms with Crippen LogP contribution in [-0.2, 0) is 11.3 Å². The van der Waals surface area contributed by atoms with Gasteiger partial charge in [-0.15, -0.1) is 24.0 Å². The van der Waals surface area contributed by atoms with Crippen LogP contribution in [0, 0.1) is 0 Å². The highest BCUT2D eigenvalue weighted by atomic mass is 127. The molecule has 0 atom stereocenters. The molecule has 148 valence electrons. The summed E-state index contributed by atoms with van der Waals surface area (Å²) in [6, 6.07) is 7.10. The lowest BCUT2D eigenvalue weighted by Gasteiger charge is -2.26. The molecule has 6 nitrogen and oxygen atoms in total. The third-order valence-corrected chi connectivity index (χ3v) is 3.78. The Balaban J connectivity index is 0.00000338. The van der Waals surface area contributed by atoms with Gasteiger partial charge in [0.15, 0.2) is 5.96 Å². The summed E-state index contributed by atoms with van der Waals surface area (Å²) in [5.41, 5.74) is 0.933. The van der Waals surface area contributed by atoms with Gasteiger partial charge in [0.05, 0.1) is 13.2 Å². The fourth-order valence-corrected chi connectivity index (χ4v) is 2.47. The van der Waals surface area contributed by atoms with Gasteiger partial charge in [-0.05, 0) is 17.7 Å². The van der Waals surface area contributed by atoms with Crippen molar-refractivity contribution in [3.63, 3.8) is 0 Å². The van der Waals surface area contributed by atoms with Crippen molar-refractivity contribution < 1.29 is 18.3 Å². The maximum Gasteiger partial charge on any atom is 0.272 e. The second-order valence-corrected chi connectivity index (χ2v) is 5.66. The molecule has 0 aliphatic carbocycles. The number of halogens is 3. The average Bonchev–Trinajstić information content (AvgIpc) is 2.64. The number of benzene rings is 1. The molecule has 2 N–H and O–H groups in total. The molecule has 1 aromatic carbocycles. The number of alkyl halides is 2. The maximum absolute atomic E-state index is 12.2. The molecule has 26 heavy (non-hydrogen) atoms. The van der Waals surface area contributed by atoms with E-state index in [0.717, 1.165) is 45.0 Å². The van der Waals surface area contributed by atoms with E-state index >= 15 is 0 Å². The zero-order valence-electron chi connectivity index (χ0n) is 14.9. The van der Waals surface area contributed by atoms with E-state index in [1.165, 1.54) is 0 Å². The normalized spacial score (nSPS) is 15.5. The summed E-state index contributed by atoms with van der Waals surface area (Å²) in [6.45, 7) is 5.15. The lowest BCUT2D eigenvalue weighted by molar-refractivity contribution is 0.0389. The minimum Gasteiger partial charge on any atom is -0.488 e. The molecule has 1 aliphatic heterocycles. The fourth-order valence-electron chi connectivity index (χ4n) is 2.47. The Morgan fingerprint density at radius 1 is 1.31 bits per heavy atom. The highest BCUT2D eigenvalue weighted by molar-refractivity contribution is 14.0. The van der Waals surface area contributed by atoms with E-state index < -0.39 is 13.0 Å². The molecule has 1 fully saturated rings. The average molecular weight is 484 g/mol. The summed E-state index contributed by atoms with van der Waals surface area (Å²) >= 11 is 0. The van der Waals surface area contributed by atoms with E-state index in [9.17, 15) is 8.78 Å². The van der Waals surface area contributed by atoms with Gasteiger partial charge in [0.25, 0.3) is 6.43 Å². The molecule has 1 heterocycles. The first-order chi connectivity index (χ1) is 12.2. The Kier molecular flexibility index (Phi) is 11.5. The fraction of sp³-hybridized carbons (Fsp3) is 0.588. The summed E-state index contributed by atoms with van der Waals surface area (Å²) in [5, 5.41) is 6.48. The van der Waals surface area contributed by atoms with Crippen LogP contribution in [0.5, 0.6) is 5.75 Å². The van der Waals surface area contributed by atoms with Crippen LogP contribution in [0.2, 0.25) is 0 Å². The summed E-state index contributed by atoms with van der Waals surface area (Å²) in [4.78, 5) is 6.53. The molecule has 0 amide bonds. The molecule has 1 aliphatic rings. The molecule has 0 radical (unpaired) electrons. The van der Waals surface area contributed by atoms with E-state index in [1.807, 2.05) is 6.07 Å². The molecule has 0 unspecified atom stereocenters. The zero-order chi connectivity index (χ0) is 17.9. The van der Waals surface area contributed by atoms with E-state index in [2.05, 4.69) is 20.5 Å². The number of morpholine rings is 1. The van der Waals surface area contributed by atoms with E-state index in [-0.39, 0.29) is 24.0 Å². The number of hydrogen-bond donors (Lipinski definition) is 2. The maximum atomic E-state index is 12.2. The topological polar surface area (TPSA) is 58.1 Å². The van der Waals surface area contributed by atoms with Crippen LogP contribution in [0.3, 0.4) is 0 Å². The Bertz CT molecular complexity index is 543. The zero-order valence-corrected chi connectivity index (χ0v) is 17.2. The van der Waals surface area contributed by atoms with Crippen molar-refractivity contribution in [2.45, 2.75) is 13.0 Å². The first-order valence-corrected chi connectivity index (χ1v) is 8.42. The van der Waals surface area contributed by atoms with Gasteiger partial charge in [0.1, 0.15) is 12.4 Å². The van der Waals surface area contributed by atoms with Crippen molar-refractivity contribution in [3.8, 4) is 5.75 Å². The number of nitrogens with zero attached hydrogens (tertiary/aromatic N) is 2. The molecule has 0 spiro atoms. The quantitative estimate of drug-likeness (QED) is 0.336. The minimum absolute atomic E-state index is 0. The van der Waals surface area contributed by atoms with Gasteiger partial charge in [-0.2, -0.15) is 0 Å². The number of hydrogen-bond acceptors (Lipinski definition) is 4. The molecule has 9 heteroatoms. The molecule has 0 bridgehead atoms. The van der Waals surface area contributed by atoms with Crippen molar-refractivity contribution >= 4 is 29.9 Å². The molecule has 1 aromatic rings. The highest BCUT2D eigenvalue weighted by Crippen LogP contribution is 2.14. The number of ether oxygens (including phenoxy) is 2. The molecule has 0 aromatic heterocycles. The Morgan fingerprint density at radius 3 is 2.77 bits per heavy atom. The Morgan fingerprint density at radius 2 is 2.08 bits per heavy atom. The Hall–Kier alpha value is -1.20. The van der Waals surface area contributed by atoms with Crippen LogP contribution in [0.1, 0.15) is 5.56 Å². The van der Waals surface area contributed by atoms with Crippen molar-refractivity contribution in [1.82, 2.24) is 15.5 Å². The monoisotopic (exact) mass is 484 g/mol. The van der Waals surface area contributed by atoms with Gasteiger partial charge in [0, 0.05) is 39.8 Å². The van der Waals surface area contributed by atoms with Gasteiger partial charge in [0.2, 0.25) is 0 Å². The van der Waals surface area contributed by atoms with Crippen molar-refractivity contribution in [2.24, 2.45) is 4.99 Å². The second-order valence-electron chi connectivity index (χ2n) is 5.66. The summed E-state index contributed by atoms with van der Waals surface area (Å²) in [7, 11) is 1.71. The van der Waals surface area contributed by atoms with Gasteiger partial charge in [-0.3, -0.25) is 9.89 Å². The third kappa shape index (κ3) is 8.95. The van der Waals surface area contributed by atoms with Crippen LogP contribution < -0.4 is 15.4 Å². The summed E-state index contributed by atoms with van der Waals surface area (Å²) in [5.74, 6) is 1.14. The molecular formula is C17H27F2IN4O2. The largest absolute Gasteiger partial charge is 0.488 e. The lowest BCUT2D eigenvalue weighted by atomic mass is 10.2. The van der Waals surface area contributed by atoms with Crippen molar-refractivity contribution in [3.05, 3.63) is 29.8 Å². The first kappa shape index (κ1) is 22.8. The third-order valence-electron chi connectivity index (χ3n) is 3.78. The molecule has 2 rings (SSSR count). The van der Waals surface area contributed by atoms with Gasteiger partial charge in [-0.1, -0.05) is 12.1 Å². The first-order valence-electron chi connectivity index (χ1n) is 8.42. The number of nitrogens with one attached hydrogen (secondary N) is 2. The molecular weight excluding hydrogens is 457 g/mol. The second kappa shape index (κ2) is 13.0. The van der Waals surface area contributed by atoms with Gasteiger partial charge >= 0.3 is 0 Å². The molecule has 0 saturated carbocycles. The standard InChI is InChI=1S/C17H26F2N4O2.HI/c1-20-17(21-5-6-23-7-9-24-10-8-23)22-12-14-3-2-4-15(11-14)25-13-16(18)19;/h2-4,11,16H,5-10,12-13H2,1H3,(H2,20,21,22);1H. The van der Waals surface area contributed by atoms with E-state index in [4.69, 9.17) is 9.47 Å². The van der Waals surface area contributed by atoms with Crippen molar-refractivity contribution in [1.29, 1.82) is 0 Å². The van der Waals surface area contributed by atoms with Crippen LogP contribution >= 0.6 is 24.0 Å². The van der Waals surface area contributed by atoms with Crippen molar-refractivity contribution in [2.75, 3.05) is 53.0 Å². The van der Waals surface area contributed by atoms with E-state index in [0.29, 0.717) is 18.3 Å². The minimum atomic E-state index is -2.48. The van der Waals surface area contributed by atoms with Crippen LogP contribution in [0.25, 0.3) is 0 Å².